The summed E-state index contributed by atoms with van der Waals surface area (Å²) in [6.07, 6.45) is 5.20. The van der Waals surface area contributed by atoms with Crippen molar-refractivity contribution in [2.24, 2.45) is 5.92 Å². The molecule has 1 unspecified atom stereocenters. The van der Waals surface area contributed by atoms with Crippen LogP contribution in [0.3, 0.4) is 0 Å². The van der Waals surface area contributed by atoms with Gasteiger partial charge in [-0.05, 0) is 50.9 Å². The number of ether oxygens (including phenoxy) is 1. The Hall–Kier alpha value is -1.33. The van der Waals surface area contributed by atoms with Crippen LogP contribution >= 0.6 is 0 Å². The number of nitrogens with zero attached hydrogens (tertiary/aromatic N) is 1. The Bertz CT molecular complexity index is 438. The van der Waals surface area contributed by atoms with Crippen molar-refractivity contribution in [3.05, 3.63) is 23.7 Å². The van der Waals surface area contributed by atoms with Gasteiger partial charge < -0.3 is 14.5 Å². The quantitative estimate of drug-likeness (QED) is 0.782. The summed E-state index contributed by atoms with van der Waals surface area (Å²) in [6, 6.07) is 1.87. The van der Waals surface area contributed by atoms with Crippen LogP contribution in [-0.4, -0.2) is 44.2 Å². The predicted molar refractivity (Wildman–Crippen MR) is 81.2 cm³/mol. The molecule has 1 aromatic heterocycles. The lowest BCUT2D eigenvalue weighted by molar-refractivity contribution is 0.0561. The number of rotatable bonds is 7. The zero-order chi connectivity index (χ0) is 15.1. The molecule has 0 spiro atoms. The molecule has 0 saturated carbocycles. The van der Waals surface area contributed by atoms with Gasteiger partial charge in [-0.3, -0.25) is 4.90 Å². The van der Waals surface area contributed by atoms with Crippen LogP contribution in [-0.2, 0) is 11.3 Å². The minimum absolute atomic E-state index is 0.334. The second-order valence-corrected chi connectivity index (χ2v) is 5.71. The third-order valence-corrected chi connectivity index (χ3v) is 3.97. The van der Waals surface area contributed by atoms with Gasteiger partial charge in [-0.1, -0.05) is 6.92 Å². The second-order valence-electron chi connectivity index (χ2n) is 5.71. The number of carbonyl (C=O) groups excluding carboxylic acids is 1. The van der Waals surface area contributed by atoms with Gasteiger partial charge in [0.25, 0.3) is 0 Å². The largest absolute Gasteiger partial charge is 0.463 e. The summed E-state index contributed by atoms with van der Waals surface area (Å²) in [5, 5.41) is 3.46. The van der Waals surface area contributed by atoms with Crippen LogP contribution in [0.1, 0.15) is 42.3 Å². The SMILES string of the molecule is CCCN(Cc1ccoc1C(=O)OC)CC1CCCNC1. The van der Waals surface area contributed by atoms with E-state index in [1.807, 2.05) is 6.07 Å². The Morgan fingerprint density at radius 1 is 1.57 bits per heavy atom. The summed E-state index contributed by atoms with van der Waals surface area (Å²) in [7, 11) is 1.38. The molecule has 1 saturated heterocycles. The van der Waals surface area contributed by atoms with Crippen LogP contribution in [0.5, 0.6) is 0 Å². The monoisotopic (exact) mass is 294 g/mol. The molecule has 0 radical (unpaired) electrons. The Morgan fingerprint density at radius 3 is 3.10 bits per heavy atom. The van der Waals surface area contributed by atoms with E-state index < -0.39 is 5.97 Å². The highest BCUT2D eigenvalue weighted by Gasteiger charge is 2.21. The molecule has 1 atom stereocenters. The normalized spacial score (nSPS) is 18.9. The van der Waals surface area contributed by atoms with Crippen molar-refractivity contribution in [3.63, 3.8) is 0 Å². The van der Waals surface area contributed by atoms with E-state index in [0.29, 0.717) is 11.7 Å². The fourth-order valence-corrected chi connectivity index (χ4v) is 2.97. The van der Waals surface area contributed by atoms with Gasteiger partial charge in [0.2, 0.25) is 5.76 Å². The molecule has 1 fully saturated rings. The van der Waals surface area contributed by atoms with Gasteiger partial charge in [0.15, 0.2) is 0 Å². The van der Waals surface area contributed by atoms with Gasteiger partial charge in [0.1, 0.15) is 0 Å². The molecule has 1 aliphatic heterocycles. The molecule has 2 rings (SSSR count). The molecule has 1 aromatic rings. The number of methoxy groups -OCH3 is 1. The van der Waals surface area contributed by atoms with Crippen LogP contribution in [0.25, 0.3) is 0 Å². The topological polar surface area (TPSA) is 54.7 Å². The van der Waals surface area contributed by atoms with Gasteiger partial charge in [-0.2, -0.15) is 0 Å². The van der Waals surface area contributed by atoms with E-state index in [-0.39, 0.29) is 0 Å². The summed E-state index contributed by atoms with van der Waals surface area (Å²) in [4.78, 5) is 14.1. The van der Waals surface area contributed by atoms with Crippen molar-refractivity contribution >= 4 is 5.97 Å². The lowest BCUT2D eigenvalue weighted by Gasteiger charge is -2.29. The molecule has 5 nitrogen and oxygen atoms in total. The maximum absolute atomic E-state index is 11.7. The van der Waals surface area contributed by atoms with E-state index in [2.05, 4.69) is 17.1 Å². The molecule has 5 heteroatoms. The summed E-state index contributed by atoms with van der Waals surface area (Å²) in [6.45, 7) is 7.25. The summed E-state index contributed by atoms with van der Waals surface area (Å²) >= 11 is 0. The molecule has 118 valence electrons. The van der Waals surface area contributed by atoms with E-state index >= 15 is 0 Å². The van der Waals surface area contributed by atoms with Crippen molar-refractivity contribution in [3.8, 4) is 0 Å². The molecule has 0 amide bonds. The molecular weight excluding hydrogens is 268 g/mol. The Kier molecular flexibility index (Phi) is 6.26. The lowest BCUT2D eigenvalue weighted by Crippen LogP contribution is -2.38. The van der Waals surface area contributed by atoms with Gasteiger partial charge >= 0.3 is 5.97 Å². The number of esters is 1. The van der Waals surface area contributed by atoms with Crippen LogP contribution in [0, 0.1) is 5.92 Å². The lowest BCUT2D eigenvalue weighted by atomic mass is 9.98. The molecule has 21 heavy (non-hydrogen) atoms. The highest BCUT2D eigenvalue weighted by atomic mass is 16.5. The molecular formula is C16H26N2O3. The third kappa shape index (κ3) is 4.58. The first-order valence-electron chi connectivity index (χ1n) is 7.82. The minimum atomic E-state index is -0.397. The minimum Gasteiger partial charge on any atom is -0.463 e. The third-order valence-electron chi connectivity index (χ3n) is 3.97. The highest BCUT2D eigenvalue weighted by Crippen LogP contribution is 2.18. The molecule has 1 aliphatic rings. The molecule has 1 N–H and O–H groups in total. The molecule has 0 bridgehead atoms. The van der Waals surface area contributed by atoms with Gasteiger partial charge in [0.05, 0.1) is 13.4 Å². The zero-order valence-electron chi connectivity index (χ0n) is 13.1. The molecule has 2 heterocycles. The number of hydrogen-bond acceptors (Lipinski definition) is 5. The number of hydrogen-bond donors (Lipinski definition) is 1. The van der Waals surface area contributed by atoms with Crippen LogP contribution in [0.2, 0.25) is 0 Å². The number of furan rings is 1. The highest BCUT2D eigenvalue weighted by molar-refractivity contribution is 5.87. The Balaban J connectivity index is 1.98. The molecule has 0 aromatic carbocycles. The summed E-state index contributed by atoms with van der Waals surface area (Å²) in [5.74, 6) is 0.630. The van der Waals surface area contributed by atoms with E-state index in [9.17, 15) is 4.79 Å². The van der Waals surface area contributed by atoms with E-state index in [1.54, 1.807) is 6.26 Å². The van der Waals surface area contributed by atoms with Crippen LogP contribution in [0.4, 0.5) is 0 Å². The number of carbonyl (C=O) groups is 1. The Morgan fingerprint density at radius 2 is 2.43 bits per heavy atom. The fraction of sp³-hybridized carbons (Fsp3) is 0.688. The molecule has 0 aliphatic carbocycles. The van der Waals surface area contributed by atoms with Crippen LogP contribution in [0.15, 0.2) is 16.7 Å². The van der Waals surface area contributed by atoms with Gasteiger partial charge in [-0.15, -0.1) is 0 Å². The predicted octanol–water partition coefficient (Wildman–Crippen LogP) is 2.28. The van der Waals surface area contributed by atoms with E-state index in [1.165, 1.54) is 20.0 Å². The first-order chi connectivity index (χ1) is 10.2. The first kappa shape index (κ1) is 16.0. The van der Waals surface area contributed by atoms with Gasteiger partial charge in [-0.25, -0.2) is 4.79 Å². The number of piperidine rings is 1. The average Bonchev–Trinajstić information content (AvgIpc) is 2.96. The van der Waals surface area contributed by atoms with E-state index in [4.69, 9.17) is 9.15 Å². The van der Waals surface area contributed by atoms with Gasteiger partial charge in [0, 0.05) is 18.7 Å². The smallest absolute Gasteiger partial charge is 0.374 e. The van der Waals surface area contributed by atoms with E-state index in [0.717, 1.165) is 44.7 Å². The van der Waals surface area contributed by atoms with Crippen molar-refractivity contribution < 1.29 is 13.9 Å². The fourth-order valence-electron chi connectivity index (χ4n) is 2.97. The second kappa shape index (κ2) is 8.20. The van der Waals surface area contributed by atoms with Crippen molar-refractivity contribution in [1.82, 2.24) is 10.2 Å². The summed E-state index contributed by atoms with van der Waals surface area (Å²) in [5.41, 5.74) is 0.916. The van der Waals surface area contributed by atoms with Crippen molar-refractivity contribution in [1.29, 1.82) is 0 Å². The average molecular weight is 294 g/mol. The zero-order valence-corrected chi connectivity index (χ0v) is 13.1. The van der Waals surface area contributed by atoms with Crippen molar-refractivity contribution in [2.45, 2.75) is 32.7 Å². The first-order valence-corrected chi connectivity index (χ1v) is 7.82. The number of nitrogens with one attached hydrogen (secondary N) is 1. The Labute approximate surface area is 126 Å². The van der Waals surface area contributed by atoms with Crippen molar-refractivity contribution in [2.75, 3.05) is 33.3 Å². The standard InChI is InChI=1S/C16H26N2O3/c1-3-8-18(11-13-5-4-7-17-10-13)12-14-6-9-21-15(14)16(19)20-2/h6,9,13,17H,3-5,7-8,10-12H2,1-2H3. The maximum Gasteiger partial charge on any atom is 0.374 e. The summed E-state index contributed by atoms with van der Waals surface area (Å²) < 4.78 is 10.0. The maximum atomic E-state index is 11.7. The van der Waals surface area contributed by atoms with Crippen LogP contribution < -0.4 is 5.32 Å².